The van der Waals surface area contributed by atoms with Crippen LogP contribution in [0.5, 0.6) is 0 Å². The molecule has 0 spiro atoms. The van der Waals surface area contributed by atoms with Crippen LogP contribution in [-0.4, -0.2) is 7.11 Å². The standard InChI is InChI=1S/C19H23O5P/c1-16-17(2)24-25(20-3,23-16,21-14-18-10-6-4-7-11-18)22-15-19-12-8-5-9-13-19/h4-13H,14-15H2,1-3H3. The first-order valence-corrected chi connectivity index (χ1v) is 9.91. The molecular formula is C19H23O5P. The zero-order chi connectivity index (χ0) is 17.8. The van der Waals surface area contributed by atoms with E-state index in [1.54, 1.807) is 13.8 Å². The summed E-state index contributed by atoms with van der Waals surface area (Å²) in [5.41, 5.74) is 1.95. The van der Waals surface area contributed by atoms with E-state index in [1.165, 1.54) is 7.11 Å². The summed E-state index contributed by atoms with van der Waals surface area (Å²) < 4.78 is 29.7. The van der Waals surface area contributed by atoms with Crippen molar-refractivity contribution in [3.05, 3.63) is 83.3 Å². The van der Waals surface area contributed by atoms with Gasteiger partial charge in [-0.05, 0) is 0 Å². The first-order valence-electron chi connectivity index (χ1n) is 8.09. The van der Waals surface area contributed by atoms with E-state index in [-0.39, 0.29) is 13.2 Å². The third kappa shape index (κ3) is 3.86. The Morgan fingerprint density at radius 1 is 0.720 bits per heavy atom. The Morgan fingerprint density at radius 2 is 1.12 bits per heavy atom. The number of hydrogen-bond acceptors (Lipinski definition) is 5. The van der Waals surface area contributed by atoms with Crippen LogP contribution in [0.25, 0.3) is 0 Å². The average Bonchev–Trinajstić information content (AvgIpc) is 2.93. The SMILES string of the molecule is COP1(OCc2ccccc2)(OCc2ccccc2)OC(C)=C(C)O1. The molecule has 0 saturated heterocycles. The minimum absolute atomic E-state index is 0.252. The maximum absolute atomic E-state index is 6.08. The molecule has 0 aliphatic carbocycles. The van der Waals surface area contributed by atoms with Gasteiger partial charge < -0.3 is 0 Å². The Kier molecular flexibility index (Phi) is 5.11. The molecule has 1 aliphatic heterocycles. The van der Waals surface area contributed by atoms with E-state index in [0.717, 1.165) is 11.1 Å². The Bertz CT molecular complexity index is 683. The molecule has 1 heterocycles. The zero-order valence-corrected chi connectivity index (χ0v) is 15.6. The van der Waals surface area contributed by atoms with Crippen LogP contribution in [0.3, 0.4) is 0 Å². The van der Waals surface area contributed by atoms with Crippen molar-refractivity contribution in [1.82, 2.24) is 0 Å². The van der Waals surface area contributed by atoms with E-state index < -0.39 is 7.74 Å². The van der Waals surface area contributed by atoms with Crippen LogP contribution < -0.4 is 0 Å². The number of rotatable bonds is 7. The van der Waals surface area contributed by atoms with Gasteiger partial charge in [0.25, 0.3) is 0 Å². The van der Waals surface area contributed by atoms with E-state index in [4.69, 9.17) is 22.6 Å². The van der Waals surface area contributed by atoms with Crippen LogP contribution in [-0.2, 0) is 35.8 Å². The van der Waals surface area contributed by atoms with Crippen molar-refractivity contribution >= 4 is 7.74 Å². The molecule has 6 heteroatoms. The summed E-state index contributed by atoms with van der Waals surface area (Å²) in [7, 11) is -2.73. The van der Waals surface area contributed by atoms with Crippen molar-refractivity contribution in [2.24, 2.45) is 0 Å². The fraction of sp³-hybridized carbons (Fsp3) is 0.263. The molecule has 25 heavy (non-hydrogen) atoms. The Hall–Kier alpha value is -1.91. The molecule has 0 amide bonds. The topological polar surface area (TPSA) is 46.2 Å². The maximum atomic E-state index is 6.08. The van der Waals surface area contributed by atoms with Crippen molar-refractivity contribution in [2.45, 2.75) is 27.1 Å². The summed E-state index contributed by atoms with van der Waals surface area (Å²) in [5.74, 6) is 1.20. The monoisotopic (exact) mass is 362 g/mol. The van der Waals surface area contributed by atoms with Gasteiger partial charge in [-0.15, -0.1) is 0 Å². The van der Waals surface area contributed by atoms with Crippen molar-refractivity contribution < 1.29 is 22.6 Å². The van der Waals surface area contributed by atoms with Crippen molar-refractivity contribution in [1.29, 1.82) is 0 Å². The van der Waals surface area contributed by atoms with Crippen LogP contribution in [0.15, 0.2) is 72.2 Å². The van der Waals surface area contributed by atoms with Gasteiger partial charge in [0.2, 0.25) is 0 Å². The van der Waals surface area contributed by atoms with Crippen molar-refractivity contribution in [3.8, 4) is 0 Å². The Balaban J connectivity index is 1.83. The van der Waals surface area contributed by atoms with Crippen LogP contribution in [0.1, 0.15) is 25.0 Å². The van der Waals surface area contributed by atoms with Gasteiger partial charge in [-0.2, -0.15) is 0 Å². The molecule has 0 atom stereocenters. The van der Waals surface area contributed by atoms with Gasteiger partial charge in [-0.25, -0.2) is 0 Å². The quantitative estimate of drug-likeness (QED) is 0.609. The second-order valence-electron chi connectivity index (χ2n) is 5.74. The molecule has 0 aromatic heterocycles. The fourth-order valence-corrected chi connectivity index (χ4v) is 4.98. The molecule has 0 radical (unpaired) electrons. The van der Waals surface area contributed by atoms with Gasteiger partial charge in [-0.3, -0.25) is 0 Å². The van der Waals surface area contributed by atoms with E-state index in [1.807, 2.05) is 60.7 Å². The van der Waals surface area contributed by atoms with Crippen LogP contribution in [0.4, 0.5) is 0 Å². The van der Waals surface area contributed by atoms with Crippen LogP contribution in [0.2, 0.25) is 0 Å². The van der Waals surface area contributed by atoms with E-state index in [9.17, 15) is 0 Å². The van der Waals surface area contributed by atoms with Crippen molar-refractivity contribution in [2.75, 3.05) is 7.11 Å². The Morgan fingerprint density at radius 3 is 1.48 bits per heavy atom. The molecule has 1 aliphatic rings. The van der Waals surface area contributed by atoms with Gasteiger partial charge in [0.1, 0.15) is 0 Å². The van der Waals surface area contributed by atoms with Crippen LogP contribution >= 0.6 is 7.74 Å². The minimum atomic E-state index is -4.21. The fourth-order valence-electron chi connectivity index (χ4n) is 2.43. The third-order valence-corrected chi connectivity index (χ3v) is 6.78. The number of hydrogen-bond donors (Lipinski definition) is 0. The van der Waals surface area contributed by atoms with Crippen LogP contribution in [0, 0.1) is 0 Å². The summed E-state index contributed by atoms with van der Waals surface area (Å²) in [4.78, 5) is 0. The molecule has 0 unspecified atom stereocenters. The van der Waals surface area contributed by atoms with Crippen molar-refractivity contribution in [3.63, 3.8) is 0 Å². The molecule has 2 aromatic carbocycles. The third-order valence-electron chi connectivity index (χ3n) is 3.94. The van der Waals surface area contributed by atoms with Gasteiger partial charge in [0.05, 0.1) is 0 Å². The first kappa shape index (κ1) is 17.9. The summed E-state index contributed by atoms with van der Waals surface area (Å²) in [6.07, 6.45) is 0. The number of allylic oxidation sites excluding steroid dienone is 2. The molecule has 0 saturated carbocycles. The molecule has 5 nitrogen and oxygen atoms in total. The molecule has 0 bridgehead atoms. The van der Waals surface area contributed by atoms with Gasteiger partial charge in [0.15, 0.2) is 0 Å². The predicted octanol–water partition coefficient (Wildman–Crippen LogP) is 5.49. The van der Waals surface area contributed by atoms with Gasteiger partial charge in [-0.1, -0.05) is 0 Å². The summed E-state index contributed by atoms with van der Waals surface area (Å²) in [5, 5.41) is 0. The predicted molar refractivity (Wildman–Crippen MR) is 96.9 cm³/mol. The van der Waals surface area contributed by atoms with E-state index in [2.05, 4.69) is 0 Å². The average molecular weight is 362 g/mol. The molecule has 0 fully saturated rings. The summed E-state index contributed by atoms with van der Waals surface area (Å²) in [6, 6.07) is 19.5. The summed E-state index contributed by atoms with van der Waals surface area (Å²) in [6.45, 7) is 4.12. The van der Waals surface area contributed by atoms with E-state index >= 15 is 0 Å². The van der Waals surface area contributed by atoms with Gasteiger partial charge in [0, 0.05) is 0 Å². The molecular weight excluding hydrogens is 339 g/mol. The molecule has 3 rings (SSSR count). The number of benzene rings is 2. The summed E-state index contributed by atoms with van der Waals surface area (Å²) >= 11 is 0. The second-order valence-corrected chi connectivity index (χ2v) is 8.48. The van der Waals surface area contributed by atoms with E-state index in [0.29, 0.717) is 11.5 Å². The Labute approximate surface area is 148 Å². The van der Waals surface area contributed by atoms with Gasteiger partial charge >= 0.3 is 148 Å². The second kappa shape index (κ2) is 7.14. The molecule has 0 N–H and O–H groups in total. The zero-order valence-electron chi connectivity index (χ0n) is 14.7. The first-order chi connectivity index (χ1) is 12.0. The molecule has 134 valence electrons. The normalized spacial score (nSPS) is 19.6. The molecule has 2 aromatic rings.